The van der Waals surface area contributed by atoms with Crippen molar-refractivity contribution in [3.63, 3.8) is 0 Å². The van der Waals surface area contributed by atoms with E-state index in [9.17, 15) is 0 Å². The van der Waals surface area contributed by atoms with Crippen LogP contribution in [0.25, 0.3) is 0 Å². The van der Waals surface area contributed by atoms with Crippen molar-refractivity contribution in [2.75, 3.05) is 14.2 Å². The summed E-state index contributed by atoms with van der Waals surface area (Å²) in [5.74, 6) is 1.30. The van der Waals surface area contributed by atoms with E-state index in [1.165, 1.54) is 0 Å². The van der Waals surface area contributed by atoms with E-state index >= 15 is 0 Å². The fourth-order valence-electron chi connectivity index (χ4n) is 0.989. The van der Waals surface area contributed by atoms with Gasteiger partial charge in [0, 0.05) is 14.2 Å². The minimum atomic E-state index is 0.0220. The number of hydrogen-bond acceptors (Lipinski definition) is 2. The van der Waals surface area contributed by atoms with Crippen molar-refractivity contribution in [3.05, 3.63) is 0 Å². The molecule has 0 rings (SSSR count). The van der Waals surface area contributed by atoms with Crippen molar-refractivity contribution in [2.24, 2.45) is 11.8 Å². The van der Waals surface area contributed by atoms with Crippen LogP contribution in [-0.4, -0.2) is 30.3 Å². The summed E-state index contributed by atoms with van der Waals surface area (Å²) in [5, 5.41) is 0. The van der Waals surface area contributed by atoms with Gasteiger partial charge in [0.2, 0.25) is 0 Å². The van der Waals surface area contributed by atoms with Crippen molar-refractivity contribution >= 4 is 10.5 Å². The molecular weight excluding hydrogens is 180 g/mol. The Bertz CT molecular complexity index is 113. The minimum Gasteiger partial charge on any atom is -0.431 e. The standard InChI is InChI=1S/C9H20O.CH6OSi/c1-7(2)8(3)9(4,5)10-6;1-2-3/h7-8H,1-6H3;1,3H3. The quantitative estimate of drug-likeness (QED) is 0.653. The predicted octanol–water partition coefficient (Wildman–Crippen LogP) is 1.62. The molecule has 0 aromatic heterocycles. The maximum absolute atomic E-state index is 5.36. The van der Waals surface area contributed by atoms with Gasteiger partial charge in [0.1, 0.15) is 10.5 Å². The van der Waals surface area contributed by atoms with Crippen LogP contribution < -0.4 is 0 Å². The van der Waals surface area contributed by atoms with E-state index in [1.54, 1.807) is 14.2 Å². The number of hydrogen-bond donors (Lipinski definition) is 0. The molecule has 1 unspecified atom stereocenters. The van der Waals surface area contributed by atoms with E-state index in [2.05, 4.69) is 39.0 Å². The van der Waals surface area contributed by atoms with Crippen LogP contribution in [0.15, 0.2) is 0 Å². The second-order valence-electron chi connectivity index (χ2n) is 4.25. The average molecular weight is 206 g/mol. The highest BCUT2D eigenvalue weighted by atomic mass is 28.2. The Hall–Kier alpha value is 0.137. The first-order chi connectivity index (χ1) is 5.83. The van der Waals surface area contributed by atoms with Crippen LogP contribution >= 0.6 is 0 Å². The fraction of sp³-hybridized carbons (Fsp3) is 1.00. The van der Waals surface area contributed by atoms with Gasteiger partial charge in [-0.25, -0.2) is 0 Å². The first kappa shape index (κ1) is 15.6. The van der Waals surface area contributed by atoms with Gasteiger partial charge in [-0.2, -0.15) is 0 Å². The second kappa shape index (κ2) is 7.53. The van der Waals surface area contributed by atoms with Crippen molar-refractivity contribution in [3.8, 4) is 0 Å². The molecule has 0 saturated carbocycles. The van der Waals surface area contributed by atoms with Crippen LogP contribution in [0, 0.1) is 11.8 Å². The number of ether oxygens (including phenoxy) is 1. The summed E-state index contributed by atoms with van der Waals surface area (Å²) < 4.78 is 9.75. The van der Waals surface area contributed by atoms with Gasteiger partial charge in [-0.05, 0) is 25.7 Å². The molecular formula is C10H26O2Si. The molecule has 0 aromatic rings. The molecule has 0 amide bonds. The molecule has 82 valence electrons. The van der Waals surface area contributed by atoms with E-state index in [0.717, 1.165) is 10.5 Å². The third-order valence-corrected chi connectivity index (χ3v) is 2.62. The van der Waals surface area contributed by atoms with E-state index in [1.807, 2.05) is 0 Å². The van der Waals surface area contributed by atoms with Crippen molar-refractivity contribution in [1.29, 1.82) is 0 Å². The van der Waals surface area contributed by atoms with Crippen LogP contribution in [0.3, 0.4) is 0 Å². The predicted molar refractivity (Wildman–Crippen MR) is 62.0 cm³/mol. The van der Waals surface area contributed by atoms with E-state index in [-0.39, 0.29) is 5.60 Å². The van der Waals surface area contributed by atoms with Crippen LogP contribution in [-0.2, 0) is 9.16 Å². The summed E-state index contributed by atoms with van der Waals surface area (Å²) in [6, 6.07) is 0. The molecule has 0 saturated heterocycles. The summed E-state index contributed by atoms with van der Waals surface area (Å²) in [6.45, 7) is 11.0. The number of methoxy groups -OCH3 is 1. The molecule has 13 heavy (non-hydrogen) atoms. The Morgan fingerprint density at radius 2 is 1.38 bits per heavy atom. The molecule has 0 heterocycles. The molecule has 0 radical (unpaired) electrons. The highest BCUT2D eigenvalue weighted by Gasteiger charge is 2.27. The molecule has 0 bridgehead atoms. The van der Waals surface area contributed by atoms with Gasteiger partial charge in [0.05, 0.1) is 5.60 Å². The third-order valence-electron chi connectivity index (χ3n) is 2.62. The lowest BCUT2D eigenvalue weighted by Crippen LogP contribution is -2.34. The van der Waals surface area contributed by atoms with Gasteiger partial charge in [-0.15, -0.1) is 0 Å². The maximum Gasteiger partial charge on any atom is 0.145 e. The topological polar surface area (TPSA) is 18.5 Å². The first-order valence-electron chi connectivity index (χ1n) is 4.78. The van der Waals surface area contributed by atoms with E-state index < -0.39 is 0 Å². The normalized spacial score (nSPS) is 13.8. The second-order valence-corrected chi connectivity index (χ2v) is 5.07. The Morgan fingerprint density at radius 1 is 1.08 bits per heavy atom. The molecule has 0 spiro atoms. The van der Waals surface area contributed by atoms with Gasteiger partial charge in [0.15, 0.2) is 0 Å². The SMILES string of the molecule is COC(C)(C)C(C)C(C)C.CO[SiH3]. The van der Waals surface area contributed by atoms with Gasteiger partial charge in [0.25, 0.3) is 0 Å². The zero-order valence-electron chi connectivity index (χ0n) is 10.5. The Morgan fingerprint density at radius 3 is 1.46 bits per heavy atom. The molecule has 0 aromatic carbocycles. The Balaban J connectivity index is 0. The Labute approximate surface area is 86.6 Å². The highest BCUT2D eigenvalue weighted by molar-refractivity contribution is 5.97. The molecule has 0 aliphatic carbocycles. The lowest BCUT2D eigenvalue weighted by molar-refractivity contribution is -0.0367. The number of rotatable bonds is 3. The van der Waals surface area contributed by atoms with Crippen molar-refractivity contribution in [1.82, 2.24) is 0 Å². The van der Waals surface area contributed by atoms with Crippen LogP contribution in [0.4, 0.5) is 0 Å². The molecule has 2 nitrogen and oxygen atoms in total. The zero-order valence-corrected chi connectivity index (χ0v) is 12.5. The van der Waals surface area contributed by atoms with E-state index in [0.29, 0.717) is 11.8 Å². The van der Waals surface area contributed by atoms with Crippen LogP contribution in [0.1, 0.15) is 34.6 Å². The third kappa shape index (κ3) is 7.23. The summed E-state index contributed by atoms with van der Waals surface area (Å²) in [5.41, 5.74) is 0.0220. The monoisotopic (exact) mass is 206 g/mol. The molecule has 0 fully saturated rings. The largest absolute Gasteiger partial charge is 0.431 e. The van der Waals surface area contributed by atoms with Gasteiger partial charge < -0.3 is 9.16 Å². The lowest BCUT2D eigenvalue weighted by Gasteiger charge is -2.33. The van der Waals surface area contributed by atoms with E-state index in [4.69, 9.17) is 4.74 Å². The minimum absolute atomic E-state index is 0.0220. The summed E-state index contributed by atoms with van der Waals surface area (Å²) >= 11 is 0. The average Bonchev–Trinajstić information content (AvgIpc) is 2.04. The summed E-state index contributed by atoms with van der Waals surface area (Å²) in [6.07, 6.45) is 0. The van der Waals surface area contributed by atoms with Gasteiger partial charge in [-0.1, -0.05) is 20.8 Å². The van der Waals surface area contributed by atoms with Crippen LogP contribution in [0.5, 0.6) is 0 Å². The lowest BCUT2D eigenvalue weighted by atomic mass is 9.84. The summed E-state index contributed by atoms with van der Waals surface area (Å²) in [7, 11) is 4.33. The fourth-order valence-corrected chi connectivity index (χ4v) is 0.989. The summed E-state index contributed by atoms with van der Waals surface area (Å²) in [4.78, 5) is 0. The van der Waals surface area contributed by atoms with Crippen molar-refractivity contribution in [2.45, 2.75) is 40.2 Å². The molecule has 0 N–H and O–H groups in total. The van der Waals surface area contributed by atoms with Crippen molar-refractivity contribution < 1.29 is 9.16 Å². The maximum atomic E-state index is 5.36. The zero-order chi connectivity index (χ0) is 11.1. The Kier molecular flexibility index (Phi) is 9.04. The smallest absolute Gasteiger partial charge is 0.145 e. The molecule has 0 aliphatic heterocycles. The van der Waals surface area contributed by atoms with Crippen LogP contribution in [0.2, 0.25) is 0 Å². The molecule has 3 heteroatoms. The van der Waals surface area contributed by atoms with Gasteiger partial charge >= 0.3 is 0 Å². The highest BCUT2D eigenvalue weighted by Crippen LogP contribution is 2.26. The van der Waals surface area contributed by atoms with Gasteiger partial charge in [-0.3, -0.25) is 0 Å². The first-order valence-corrected chi connectivity index (χ1v) is 5.60. The molecule has 1 atom stereocenters. The molecule has 0 aliphatic rings.